The van der Waals surface area contributed by atoms with Crippen LogP contribution in [0.25, 0.3) is 0 Å². The lowest BCUT2D eigenvalue weighted by Gasteiger charge is -2.15. The number of hydrogen-bond acceptors (Lipinski definition) is 4. The standard InChI is InChI=1S/C6H15NO3/c1-5(4-8)6(9)2-3-7-10/h5-10H,2-4H2,1H3. The van der Waals surface area contributed by atoms with Gasteiger partial charge in [0.2, 0.25) is 0 Å². The van der Waals surface area contributed by atoms with Crippen molar-refractivity contribution in [1.29, 1.82) is 0 Å². The Morgan fingerprint density at radius 1 is 1.50 bits per heavy atom. The fourth-order valence-electron chi connectivity index (χ4n) is 0.619. The highest BCUT2D eigenvalue weighted by Crippen LogP contribution is 2.04. The maximum Gasteiger partial charge on any atom is 0.0600 e. The Balaban J connectivity index is 3.31. The summed E-state index contributed by atoms with van der Waals surface area (Å²) in [5.41, 5.74) is 1.94. The first-order valence-electron chi connectivity index (χ1n) is 3.38. The minimum absolute atomic E-state index is 0.0212. The molecule has 0 aromatic heterocycles. The number of aliphatic hydroxyl groups excluding tert-OH is 2. The first-order valence-corrected chi connectivity index (χ1v) is 3.38. The van der Waals surface area contributed by atoms with Crippen LogP contribution < -0.4 is 5.48 Å². The maximum absolute atomic E-state index is 9.14. The van der Waals surface area contributed by atoms with Crippen LogP contribution in [-0.2, 0) is 0 Å². The van der Waals surface area contributed by atoms with Crippen molar-refractivity contribution >= 4 is 0 Å². The van der Waals surface area contributed by atoms with Gasteiger partial charge < -0.3 is 15.4 Å². The van der Waals surface area contributed by atoms with Gasteiger partial charge in [-0.3, -0.25) is 0 Å². The molecule has 2 atom stereocenters. The van der Waals surface area contributed by atoms with Crippen LogP contribution in [0.2, 0.25) is 0 Å². The quantitative estimate of drug-likeness (QED) is 0.392. The van der Waals surface area contributed by atoms with Crippen LogP contribution in [0.1, 0.15) is 13.3 Å². The van der Waals surface area contributed by atoms with E-state index >= 15 is 0 Å². The van der Waals surface area contributed by atoms with Gasteiger partial charge in [-0.25, -0.2) is 5.48 Å². The minimum atomic E-state index is -0.537. The molecule has 2 unspecified atom stereocenters. The summed E-state index contributed by atoms with van der Waals surface area (Å²) in [6.45, 7) is 2.08. The predicted molar refractivity (Wildman–Crippen MR) is 36.7 cm³/mol. The van der Waals surface area contributed by atoms with Gasteiger partial charge in [-0.05, 0) is 6.42 Å². The van der Waals surface area contributed by atoms with Gasteiger partial charge in [-0.1, -0.05) is 6.92 Å². The number of nitrogens with one attached hydrogen (secondary N) is 1. The molecule has 62 valence electrons. The zero-order chi connectivity index (χ0) is 7.98. The topological polar surface area (TPSA) is 72.7 Å². The molecular formula is C6H15NO3. The Labute approximate surface area is 60.5 Å². The summed E-state index contributed by atoms with van der Waals surface area (Å²) in [7, 11) is 0. The summed E-state index contributed by atoms with van der Waals surface area (Å²) >= 11 is 0. The molecule has 0 aliphatic heterocycles. The highest BCUT2D eigenvalue weighted by atomic mass is 16.5. The van der Waals surface area contributed by atoms with Crippen molar-refractivity contribution in [2.45, 2.75) is 19.4 Å². The first-order chi connectivity index (χ1) is 4.72. The van der Waals surface area contributed by atoms with Crippen LogP contribution in [0.3, 0.4) is 0 Å². The average molecular weight is 149 g/mol. The van der Waals surface area contributed by atoms with E-state index in [0.29, 0.717) is 13.0 Å². The highest BCUT2D eigenvalue weighted by molar-refractivity contribution is 4.62. The molecule has 4 heteroatoms. The van der Waals surface area contributed by atoms with Gasteiger partial charge in [-0.15, -0.1) is 0 Å². The normalized spacial score (nSPS) is 16.8. The van der Waals surface area contributed by atoms with E-state index < -0.39 is 6.10 Å². The van der Waals surface area contributed by atoms with Gasteiger partial charge in [0.25, 0.3) is 0 Å². The van der Waals surface area contributed by atoms with Crippen LogP contribution in [0.4, 0.5) is 0 Å². The fourth-order valence-corrected chi connectivity index (χ4v) is 0.619. The highest BCUT2D eigenvalue weighted by Gasteiger charge is 2.11. The van der Waals surface area contributed by atoms with Crippen LogP contribution >= 0.6 is 0 Å². The SMILES string of the molecule is CC(CO)C(O)CCNO. The Morgan fingerprint density at radius 3 is 2.50 bits per heavy atom. The second-order valence-electron chi connectivity index (χ2n) is 2.42. The van der Waals surface area contributed by atoms with E-state index in [1.165, 1.54) is 0 Å². The summed E-state index contributed by atoms with van der Waals surface area (Å²) in [6, 6.07) is 0. The van der Waals surface area contributed by atoms with Gasteiger partial charge in [0.05, 0.1) is 6.10 Å². The van der Waals surface area contributed by atoms with Crippen molar-refractivity contribution in [3.05, 3.63) is 0 Å². The summed E-state index contributed by atoms with van der Waals surface area (Å²) in [6.07, 6.45) is -0.0808. The third-order valence-corrected chi connectivity index (χ3v) is 1.50. The zero-order valence-corrected chi connectivity index (χ0v) is 6.12. The van der Waals surface area contributed by atoms with Crippen molar-refractivity contribution in [1.82, 2.24) is 5.48 Å². The van der Waals surface area contributed by atoms with Gasteiger partial charge in [0, 0.05) is 19.1 Å². The van der Waals surface area contributed by atoms with Crippen molar-refractivity contribution in [2.75, 3.05) is 13.2 Å². The lowest BCUT2D eigenvalue weighted by atomic mass is 10.0. The van der Waals surface area contributed by atoms with Crippen molar-refractivity contribution in [3.8, 4) is 0 Å². The molecule has 0 amide bonds. The molecule has 0 aromatic carbocycles. The van der Waals surface area contributed by atoms with E-state index in [0.717, 1.165) is 0 Å². The molecule has 4 N–H and O–H groups in total. The zero-order valence-electron chi connectivity index (χ0n) is 6.12. The first kappa shape index (κ1) is 9.84. The predicted octanol–water partition coefficient (Wildman–Crippen LogP) is -0.655. The monoisotopic (exact) mass is 149 g/mol. The van der Waals surface area contributed by atoms with E-state index in [4.69, 9.17) is 15.4 Å². The molecule has 0 aromatic rings. The van der Waals surface area contributed by atoms with Crippen LogP contribution in [0.5, 0.6) is 0 Å². The second-order valence-corrected chi connectivity index (χ2v) is 2.42. The molecule has 0 fully saturated rings. The fraction of sp³-hybridized carbons (Fsp3) is 1.00. The average Bonchev–Trinajstić information content (AvgIpc) is 1.98. The number of hydroxylamine groups is 1. The molecule has 0 bridgehead atoms. The summed E-state index contributed by atoms with van der Waals surface area (Å²) in [5.74, 6) is -0.117. The van der Waals surface area contributed by atoms with E-state index in [1.54, 1.807) is 6.92 Å². The molecule has 0 aliphatic rings. The Hall–Kier alpha value is -0.160. The minimum Gasteiger partial charge on any atom is -0.396 e. The molecule has 0 saturated heterocycles. The number of rotatable bonds is 5. The summed E-state index contributed by atoms with van der Waals surface area (Å²) < 4.78 is 0. The lowest BCUT2D eigenvalue weighted by Crippen LogP contribution is -2.25. The van der Waals surface area contributed by atoms with Crippen molar-refractivity contribution in [3.63, 3.8) is 0 Å². The van der Waals surface area contributed by atoms with Crippen molar-refractivity contribution < 1.29 is 15.4 Å². The Morgan fingerprint density at radius 2 is 2.10 bits per heavy atom. The van der Waals surface area contributed by atoms with Crippen molar-refractivity contribution in [2.24, 2.45) is 5.92 Å². The second kappa shape index (κ2) is 5.61. The smallest absolute Gasteiger partial charge is 0.0600 e. The number of aliphatic hydroxyl groups is 2. The third-order valence-electron chi connectivity index (χ3n) is 1.50. The molecule has 10 heavy (non-hydrogen) atoms. The van der Waals surface area contributed by atoms with E-state index in [2.05, 4.69) is 0 Å². The summed E-state index contributed by atoms with van der Waals surface area (Å²) in [4.78, 5) is 0. The number of hydrogen-bond donors (Lipinski definition) is 4. The van der Waals surface area contributed by atoms with Gasteiger partial charge in [0.1, 0.15) is 0 Å². The van der Waals surface area contributed by atoms with Crippen LogP contribution in [-0.4, -0.2) is 34.7 Å². The van der Waals surface area contributed by atoms with E-state index in [1.807, 2.05) is 5.48 Å². The third kappa shape index (κ3) is 3.79. The van der Waals surface area contributed by atoms with E-state index in [9.17, 15) is 0 Å². The molecule has 0 radical (unpaired) electrons. The molecule has 0 aliphatic carbocycles. The van der Waals surface area contributed by atoms with Gasteiger partial charge in [0.15, 0.2) is 0 Å². The Kier molecular flexibility index (Phi) is 5.52. The lowest BCUT2D eigenvalue weighted by molar-refractivity contribution is 0.0582. The summed E-state index contributed by atoms with van der Waals surface area (Å²) in [5, 5.41) is 25.8. The molecule has 0 spiro atoms. The molecule has 0 saturated carbocycles. The molecule has 0 heterocycles. The maximum atomic E-state index is 9.14. The Bertz CT molecular complexity index is 79.4. The van der Waals surface area contributed by atoms with Gasteiger partial charge in [-0.2, -0.15) is 0 Å². The molecule has 0 rings (SSSR count). The van der Waals surface area contributed by atoms with E-state index in [-0.39, 0.29) is 12.5 Å². The van der Waals surface area contributed by atoms with Gasteiger partial charge >= 0.3 is 0 Å². The van der Waals surface area contributed by atoms with Crippen LogP contribution in [0.15, 0.2) is 0 Å². The molecule has 4 nitrogen and oxygen atoms in total. The molecular weight excluding hydrogens is 134 g/mol. The van der Waals surface area contributed by atoms with Crippen LogP contribution in [0, 0.1) is 5.92 Å². The largest absolute Gasteiger partial charge is 0.396 e.